The van der Waals surface area contributed by atoms with Crippen molar-refractivity contribution in [2.45, 2.75) is 6.42 Å². The van der Waals surface area contributed by atoms with Gasteiger partial charge in [0.25, 0.3) is 0 Å². The van der Waals surface area contributed by atoms with Crippen molar-refractivity contribution in [1.82, 2.24) is 0 Å². The third-order valence-corrected chi connectivity index (χ3v) is 4.04. The summed E-state index contributed by atoms with van der Waals surface area (Å²) in [5.41, 5.74) is 2.77. The van der Waals surface area contributed by atoms with Gasteiger partial charge in [0.05, 0.1) is 38.1 Å². The zero-order valence-corrected chi connectivity index (χ0v) is 13.8. The molecule has 1 saturated heterocycles. The molecule has 1 aliphatic heterocycles. The van der Waals surface area contributed by atoms with E-state index in [-0.39, 0.29) is 5.91 Å². The molecule has 126 valence electrons. The van der Waals surface area contributed by atoms with Gasteiger partial charge >= 0.3 is 0 Å². The van der Waals surface area contributed by atoms with E-state index in [0.717, 1.165) is 35.8 Å². The minimum absolute atomic E-state index is 0.0380. The molecule has 0 bridgehead atoms. The second-order valence-corrected chi connectivity index (χ2v) is 5.69. The largest absolute Gasteiger partial charge is 0.497 e. The van der Waals surface area contributed by atoms with Gasteiger partial charge in [0, 0.05) is 19.2 Å². The fraction of sp³-hybridized carbons (Fsp3) is 0.316. The van der Waals surface area contributed by atoms with Crippen molar-refractivity contribution >= 4 is 17.3 Å². The molecule has 0 aromatic heterocycles. The Balaban J connectivity index is 1.78. The number of rotatable bonds is 5. The van der Waals surface area contributed by atoms with Crippen LogP contribution in [0.25, 0.3) is 0 Å². The van der Waals surface area contributed by atoms with E-state index in [1.54, 1.807) is 7.11 Å². The fourth-order valence-electron chi connectivity index (χ4n) is 2.80. The summed E-state index contributed by atoms with van der Waals surface area (Å²) >= 11 is 0. The van der Waals surface area contributed by atoms with E-state index >= 15 is 0 Å². The highest BCUT2D eigenvalue weighted by Crippen LogP contribution is 2.31. The Labute approximate surface area is 142 Å². The molecular weight excluding hydrogens is 304 g/mol. The molecule has 3 rings (SSSR count). The molecule has 24 heavy (non-hydrogen) atoms. The van der Waals surface area contributed by atoms with E-state index in [9.17, 15) is 4.79 Å². The van der Waals surface area contributed by atoms with Gasteiger partial charge in [-0.15, -0.1) is 0 Å². The maximum atomic E-state index is 12.4. The first kappa shape index (κ1) is 16.3. The second-order valence-electron chi connectivity index (χ2n) is 5.69. The van der Waals surface area contributed by atoms with Gasteiger partial charge in [-0.25, -0.2) is 0 Å². The number of amides is 1. The van der Waals surface area contributed by atoms with E-state index < -0.39 is 0 Å². The molecule has 0 saturated carbocycles. The molecule has 5 nitrogen and oxygen atoms in total. The van der Waals surface area contributed by atoms with Crippen LogP contribution in [0.2, 0.25) is 0 Å². The van der Waals surface area contributed by atoms with Crippen molar-refractivity contribution in [1.29, 1.82) is 0 Å². The number of carbonyl (C=O) groups excluding carboxylic acids is 1. The minimum Gasteiger partial charge on any atom is -0.497 e. The first-order valence-corrected chi connectivity index (χ1v) is 8.11. The van der Waals surface area contributed by atoms with Gasteiger partial charge in [0.2, 0.25) is 5.91 Å². The van der Waals surface area contributed by atoms with Crippen LogP contribution < -0.4 is 15.0 Å². The molecule has 5 heteroatoms. The number of anilines is 2. The molecule has 2 aromatic carbocycles. The summed E-state index contributed by atoms with van der Waals surface area (Å²) in [5.74, 6) is 0.686. The van der Waals surface area contributed by atoms with Crippen molar-refractivity contribution in [3.63, 3.8) is 0 Å². The third kappa shape index (κ3) is 4.06. The lowest BCUT2D eigenvalue weighted by Gasteiger charge is -2.30. The smallest absolute Gasteiger partial charge is 0.228 e. The molecule has 1 amide bonds. The highest BCUT2D eigenvalue weighted by Gasteiger charge is 2.17. The summed E-state index contributed by atoms with van der Waals surface area (Å²) in [5, 5.41) is 3.03. The van der Waals surface area contributed by atoms with Crippen molar-refractivity contribution < 1.29 is 14.3 Å². The third-order valence-electron chi connectivity index (χ3n) is 4.04. The van der Waals surface area contributed by atoms with Crippen LogP contribution in [0.15, 0.2) is 48.5 Å². The molecule has 1 fully saturated rings. The monoisotopic (exact) mass is 326 g/mol. The molecule has 1 N–H and O–H groups in total. The first-order valence-electron chi connectivity index (χ1n) is 8.11. The molecule has 0 aliphatic carbocycles. The number of morpholine rings is 1. The van der Waals surface area contributed by atoms with Crippen LogP contribution in [0.4, 0.5) is 11.4 Å². The van der Waals surface area contributed by atoms with Crippen molar-refractivity contribution in [2.24, 2.45) is 0 Å². The SMILES string of the molecule is COc1ccc(N2CCOCC2)c(NC(=O)Cc2ccccc2)c1. The number of nitrogens with zero attached hydrogens (tertiary/aromatic N) is 1. The van der Waals surface area contributed by atoms with Gasteiger partial charge in [-0.3, -0.25) is 4.79 Å². The average molecular weight is 326 g/mol. The van der Waals surface area contributed by atoms with E-state index in [1.807, 2.05) is 48.5 Å². The second kappa shape index (κ2) is 7.84. The van der Waals surface area contributed by atoms with Crippen molar-refractivity contribution in [2.75, 3.05) is 43.6 Å². The first-order chi connectivity index (χ1) is 11.8. The normalized spacial score (nSPS) is 14.3. The van der Waals surface area contributed by atoms with Gasteiger partial charge in [-0.05, 0) is 17.7 Å². The van der Waals surface area contributed by atoms with Gasteiger partial charge in [0.1, 0.15) is 5.75 Å². The quantitative estimate of drug-likeness (QED) is 0.918. The molecule has 0 atom stereocenters. The number of ether oxygens (including phenoxy) is 2. The summed E-state index contributed by atoms with van der Waals surface area (Å²) in [6, 6.07) is 15.5. The van der Waals surface area contributed by atoms with E-state index in [2.05, 4.69) is 10.2 Å². The summed E-state index contributed by atoms with van der Waals surface area (Å²) < 4.78 is 10.7. The number of hydrogen-bond donors (Lipinski definition) is 1. The predicted molar refractivity (Wildman–Crippen MR) is 94.8 cm³/mol. The number of hydrogen-bond acceptors (Lipinski definition) is 4. The fourth-order valence-corrected chi connectivity index (χ4v) is 2.80. The molecule has 0 radical (unpaired) electrons. The minimum atomic E-state index is -0.0380. The number of benzene rings is 2. The van der Waals surface area contributed by atoms with Gasteiger partial charge < -0.3 is 19.7 Å². The van der Waals surface area contributed by atoms with Crippen LogP contribution in [-0.4, -0.2) is 39.3 Å². The Bertz CT molecular complexity index is 682. The van der Waals surface area contributed by atoms with Gasteiger partial charge in [0.15, 0.2) is 0 Å². The molecule has 2 aromatic rings. The lowest BCUT2D eigenvalue weighted by Crippen LogP contribution is -2.36. The predicted octanol–water partition coefficient (Wildman–Crippen LogP) is 2.71. The van der Waals surface area contributed by atoms with Crippen LogP contribution in [0.3, 0.4) is 0 Å². The lowest BCUT2D eigenvalue weighted by atomic mass is 10.1. The maximum absolute atomic E-state index is 12.4. The molecule has 1 heterocycles. The summed E-state index contributed by atoms with van der Waals surface area (Å²) in [6.45, 7) is 3.02. The Hall–Kier alpha value is -2.53. The van der Waals surface area contributed by atoms with Gasteiger partial charge in [-0.1, -0.05) is 30.3 Å². The van der Waals surface area contributed by atoms with E-state index in [4.69, 9.17) is 9.47 Å². The average Bonchev–Trinajstić information content (AvgIpc) is 2.63. The van der Waals surface area contributed by atoms with Crippen LogP contribution in [0, 0.1) is 0 Å². The molecular formula is C19H22N2O3. The van der Waals surface area contributed by atoms with E-state index in [1.165, 1.54) is 0 Å². The van der Waals surface area contributed by atoms with Gasteiger partial charge in [-0.2, -0.15) is 0 Å². The number of carbonyl (C=O) groups is 1. The summed E-state index contributed by atoms with van der Waals surface area (Å²) in [7, 11) is 1.62. The molecule has 0 spiro atoms. The highest BCUT2D eigenvalue weighted by molar-refractivity contribution is 5.96. The Kier molecular flexibility index (Phi) is 5.33. The van der Waals surface area contributed by atoms with Crippen LogP contribution in [0.1, 0.15) is 5.56 Å². The van der Waals surface area contributed by atoms with Crippen molar-refractivity contribution in [3.8, 4) is 5.75 Å². The zero-order chi connectivity index (χ0) is 16.8. The molecule has 1 aliphatic rings. The molecule has 0 unspecified atom stereocenters. The zero-order valence-electron chi connectivity index (χ0n) is 13.8. The summed E-state index contributed by atoms with van der Waals surface area (Å²) in [4.78, 5) is 14.6. The Morgan fingerprint density at radius 1 is 1.17 bits per heavy atom. The van der Waals surface area contributed by atoms with Crippen LogP contribution >= 0.6 is 0 Å². The summed E-state index contributed by atoms with van der Waals surface area (Å²) in [6.07, 6.45) is 0.348. The Morgan fingerprint density at radius 3 is 2.62 bits per heavy atom. The number of methoxy groups -OCH3 is 1. The standard InChI is InChI=1S/C19H22N2O3/c1-23-16-7-8-18(21-9-11-24-12-10-21)17(14-16)20-19(22)13-15-5-3-2-4-6-15/h2-8,14H,9-13H2,1H3,(H,20,22). The van der Waals surface area contributed by atoms with Crippen LogP contribution in [-0.2, 0) is 16.0 Å². The Morgan fingerprint density at radius 2 is 1.92 bits per heavy atom. The van der Waals surface area contributed by atoms with E-state index in [0.29, 0.717) is 19.6 Å². The lowest BCUT2D eigenvalue weighted by molar-refractivity contribution is -0.115. The topological polar surface area (TPSA) is 50.8 Å². The van der Waals surface area contributed by atoms with Crippen molar-refractivity contribution in [3.05, 3.63) is 54.1 Å². The maximum Gasteiger partial charge on any atom is 0.228 e. The van der Waals surface area contributed by atoms with Crippen LogP contribution in [0.5, 0.6) is 5.75 Å². The number of nitrogens with one attached hydrogen (secondary N) is 1. The highest BCUT2D eigenvalue weighted by atomic mass is 16.5.